The zero-order valence-corrected chi connectivity index (χ0v) is 10.1. The summed E-state index contributed by atoms with van der Waals surface area (Å²) in [5.74, 6) is -1.18. The molecule has 102 valence electrons. The Hall–Kier alpha value is -3.10. The summed E-state index contributed by atoms with van der Waals surface area (Å²) in [5, 5.41) is 30.0. The summed E-state index contributed by atoms with van der Waals surface area (Å²) in [4.78, 5) is 24.7. The molecule has 0 spiro atoms. The Balaban J connectivity index is 2.19. The summed E-state index contributed by atoms with van der Waals surface area (Å²) >= 11 is 0. The molecule has 0 amide bonds. The van der Waals surface area contributed by atoms with E-state index in [1.54, 1.807) is 12.1 Å². The number of nitro groups is 1. The Morgan fingerprint density at radius 1 is 1.50 bits per heavy atom. The van der Waals surface area contributed by atoms with Crippen molar-refractivity contribution >= 4 is 17.5 Å². The molecular weight excluding hydrogens is 266 g/mol. The van der Waals surface area contributed by atoms with Gasteiger partial charge in [0.25, 0.3) is 0 Å². The van der Waals surface area contributed by atoms with E-state index in [1.807, 2.05) is 0 Å². The largest absolute Gasteiger partial charge is 0.477 e. The van der Waals surface area contributed by atoms with Gasteiger partial charge in [0, 0.05) is 12.3 Å². The zero-order chi connectivity index (χ0) is 14.5. The predicted octanol–water partition coefficient (Wildman–Crippen LogP) is 1.09. The fourth-order valence-corrected chi connectivity index (χ4v) is 1.47. The molecule has 0 saturated heterocycles. The van der Waals surface area contributed by atoms with Crippen LogP contribution in [0.3, 0.4) is 0 Å². The Kier molecular flexibility index (Phi) is 3.80. The van der Waals surface area contributed by atoms with E-state index in [4.69, 9.17) is 5.11 Å². The average Bonchev–Trinajstić information content (AvgIpc) is 2.45. The zero-order valence-electron chi connectivity index (χ0n) is 10.1. The summed E-state index contributed by atoms with van der Waals surface area (Å²) < 4.78 is 0. The topological polar surface area (TPSA) is 131 Å². The molecule has 0 aliphatic rings. The standard InChI is InChI=1S/C11H9N5O4/c17-11(18)8-4-10(13-6-9(8)16(19)20)12-5-7-2-1-3-14-15-7/h1-4,6H,5H2,(H,12,13)(H,17,18). The molecule has 2 rings (SSSR count). The molecule has 0 atom stereocenters. The first kappa shape index (κ1) is 13.3. The van der Waals surface area contributed by atoms with E-state index >= 15 is 0 Å². The third-order valence-electron chi connectivity index (χ3n) is 2.39. The average molecular weight is 275 g/mol. The van der Waals surface area contributed by atoms with Crippen LogP contribution >= 0.6 is 0 Å². The van der Waals surface area contributed by atoms with Crippen LogP contribution in [0.1, 0.15) is 16.1 Å². The lowest BCUT2D eigenvalue weighted by Crippen LogP contribution is -2.08. The number of aromatic carboxylic acids is 1. The smallest absolute Gasteiger partial charge is 0.342 e. The first-order valence-electron chi connectivity index (χ1n) is 5.46. The highest BCUT2D eigenvalue weighted by molar-refractivity contribution is 5.93. The van der Waals surface area contributed by atoms with Crippen molar-refractivity contribution in [3.8, 4) is 0 Å². The van der Waals surface area contributed by atoms with Gasteiger partial charge in [-0.05, 0) is 12.1 Å². The minimum atomic E-state index is -1.39. The van der Waals surface area contributed by atoms with Gasteiger partial charge < -0.3 is 10.4 Å². The number of nitrogens with zero attached hydrogens (tertiary/aromatic N) is 4. The Bertz CT molecular complexity index is 647. The van der Waals surface area contributed by atoms with Crippen LogP contribution in [-0.2, 0) is 6.54 Å². The van der Waals surface area contributed by atoms with E-state index in [0.717, 1.165) is 12.3 Å². The summed E-state index contributed by atoms with van der Waals surface area (Å²) in [5.41, 5.74) is -0.348. The second-order valence-corrected chi connectivity index (χ2v) is 3.72. The number of hydrogen-bond donors (Lipinski definition) is 2. The van der Waals surface area contributed by atoms with E-state index < -0.39 is 22.1 Å². The van der Waals surface area contributed by atoms with Gasteiger partial charge in [0.2, 0.25) is 0 Å². The van der Waals surface area contributed by atoms with Gasteiger partial charge in [-0.1, -0.05) is 0 Å². The van der Waals surface area contributed by atoms with Crippen LogP contribution in [0.4, 0.5) is 11.5 Å². The number of carboxylic acid groups (broad SMARTS) is 1. The summed E-state index contributed by atoms with van der Waals surface area (Å²) in [6.45, 7) is 0.276. The fraction of sp³-hybridized carbons (Fsp3) is 0.0909. The van der Waals surface area contributed by atoms with E-state index in [9.17, 15) is 14.9 Å². The molecule has 0 bridgehead atoms. The molecule has 9 nitrogen and oxygen atoms in total. The van der Waals surface area contributed by atoms with Gasteiger partial charge in [0.15, 0.2) is 0 Å². The third kappa shape index (κ3) is 3.02. The predicted molar refractivity (Wildman–Crippen MR) is 67.2 cm³/mol. The highest BCUT2D eigenvalue weighted by Gasteiger charge is 2.20. The van der Waals surface area contributed by atoms with Gasteiger partial charge in [0.05, 0.1) is 17.2 Å². The van der Waals surface area contributed by atoms with Gasteiger partial charge in [-0.15, -0.1) is 0 Å². The molecule has 0 aliphatic heterocycles. The first-order chi connectivity index (χ1) is 9.58. The van der Waals surface area contributed by atoms with Crippen molar-refractivity contribution in [3.05, 3.63) is 52.0 Å². The summed E-state index contributed by atoms with van der Waals surface area (Å²) in [7, 11) is 0. The van der Waals surface area contributed by atoms with E-state index in [0.29, 0.717) is 5.69 Å². The Labute approximate surface area is 112 Å². The summed E-state index contributed by atoms with van der Waals surface area (Å²) in [6, 6.07) is 4.54. The minimum Gasteiger partial charge on any atom is -0.477 e. The quantitative estimate of drug-likeness (QED) is 0.612. The SMILES string of the molecule is O=C(O)c1cc(NCc2cccnn2)ncc1[N+](=O)[O-]. The highest BCUT2D eigenvalue weighted by Crippen LogP contribution is 2.20. The lowest BCUT2D eigenvalue weighted by molar-refractivity contribution is -0.385. The number of nitrogens with one attached hydrogen (secondary N) is 1. The third-order valence-corrected chi connectivity index (χ3v) is 2.39. The lowest BCUT2D eigenvalue weighted by atomic mass is 10.2. The molecule has 2 aromatic rings. The lowest BCUT2D eigenvalue weighted by Gasteiger charge is -2.05. The van der Waals surface area contributed by atoms with Crippen LogP contribution in [0, 0.1) is 10.1 Å². The van der Waals surface area contributed by atoms with Gasteiger partial charge >= 0.3 is 11.7 Å². The van der Waals surface area contributed by atoms with Crippen molar-refractivity contribution in [2.75, 3.05) is 5.32 Å². The molecule has 20 heavy (non-hydrogen) atoms. The number of anilines is 1. The van der Waals surface area contributed by atoms with E-state index in [2.05, 4.69) is 20.5 Å². The Morgan fingerprint density at radius 3 is 2.90 bits per heavy atom. The molecule has 2 aromatic heterocycles. The maximum atomic E-state index is 11.0. The molecule has 0 fully saturated rings. The van der Waals surface area contributed by atoms with Crippen LogP contribution in [0.25, 0.3) is 0 Å². The molecule has 0 radical (unpaired) electrons. The molecule has 0 saturated carbocycles. The fourth-order valence-electron chi connectivity index (χ4n) is 1.47. The van der Waals surface area contributed by atoms with Crippen molar-refractivity contribution in [2.45, 2.75) is 6.54 Å². The second kappa shape index (κ2) is 5.69. The normalized spacial score (nSPS) is 10.0. The maximum Gasteiger partial charge on any atom is 0.342 e. The summed E-state index contributed by atoms with van der Waals surface area (Å²) in [6.07, 6.45) is 2.43. The van der Waals surface area contributed by atoms with E-state index in [1.165, 1.54) is 6.20 Å². The molecule has 9 heteroatoms. The van der Waals surface area contributed by atoms with Crippen molar-refractivity contribution in [2.24, 2.45) is 0 Å². The van der Waals surface area contributed by atoms with Gasteiger partial charge in [-0.3, -0.25) is 10.1 Å². The highest BCUT2D eigenvalue weighted by atomic mass is 16.6. The van der Waals surface area contributed by atoms with Crippen LogP contribution < -0.4 is 5.32 Å². The number of pyridine rings is 1. The number of hydrogen-bond acceptors (Lipinski definition) is 7. The molecule has 2 heterocycles. The monoisotopic (exact) mass is 275 g/mol. The van der Waals surface area contributed by atoms with Crippen LogP contribution in [-0.4, -0.2) is 31.2 Å². The van der Waals surface area contributed by atoms with Crippen LogP contribution in [0.5, 0.6) is 0 Å². The van der Waals surface area contributed by atoms with E-state index in [-0.39, 0.29) is 12.4 Å². The maximum absolute atomic E-state index is 11.0. The molecule has 2 N–H and O–H groups in total. The number of carboxylic acids is 1. The number of aromatic nitrogens is 3. The minimum absolute atomic E-state index is 0.207. The van der Waals surface area contributed by atoms with Crippen molar-refractivity contribution in [1.29, 1.82) is 0 Å². The molecule has 0 unspecified atom stereocenters. The number of carbonyl (C=O) groups is 1. The van der Waals surface area contributed by atoms with Gasteiger partial charge in [-0.25, -0.2) is 9.78 Å². The van der Waals surface area contributed by atoms with Crippen molar-refractivity contribution < 1.29 is 14.8 Å². The van der Waals surface area contributed by atoms with Crippen molar-refractivity contribution in [1.82, 2.24) is 15.2 Å². The first-order valence-corrected chi connectivity index (χ1v) is 5.46. The molecule has 0 aromatic carbocycles. The van der Waals surface area contributed by atoms with Crippen LogP contribution in [0.2, 0.25) is 0 Å². The van der Waals surface area contributed by atoms with Crippen LogP contribution in [0.15, 0.2) is 30.6 Å². The number of rotatable bonds is 5. The van der Waals surface area contributed by atoms with Gasteiger partial charge in [-0.2, -0.15) is 10.2 Å². The molecular formula is C11H9N5O4. The Morgan fingerprint density at radius 2 is 2.30 bits per heavy atom. The van der Waals surface area contributed by atoms with Crippen molar-refractivity contribution in [3.63, 3.8) is 0 Å². The van der Waals surface area contributed by atoms with Gasteiger partial charge in [0.1, 0.15) is 17.6 Å². The second-order valence-electron chi connectivity index (χ2n) is 3.72. The molecule has 0 aliphatic carbocycles.